The number of nitrogens with zero attached hydrogens (tertiary/aromatic N) is 3. The molecule has 0 radical (unpaired) electrons. The number of anilines is 3. The molecule has 0 saturated heterocycles. The van der Waals surface area contributed by atoms with Crippen LogP contribution in [0.15, 0.2) is 58.6 Å². The van der Waals surface area contributed by atoms with Gasteiger partial charge in [-0.2, -0.15) is 15.0 Å². The fourth-order valence-electron chi connectivity index (χ4n) is 2.90. The second kappa shape index (κ2) is 10.9. The molecule has 0 aliphatic carbocycles. The number of nitrogens with one attached hydrogen (secondary N) is 2. The number of halogens is 1. The molecule has 31 heavy (non-hydrogen) atoms. The van der Waals surface area contributed by atoms with Crippen molar-refractivity contribution in [2.75, 3.05) is 24.4 Å². The predicted octanol–water partition coefficient (Wildman–Crippen LogP) is 4.73. The van der Waals surface area contributed by atoms with Crippen molar-refractivity contribution in [3.63, 3.8) is 0 Å². The fraction of sp³-hybridized carbons (Fsp3) is 0.318. The minimum Gasteiger partial charge on any atom is -0.497 e. The van der Waals surface area contributed by atoms with E-state index in [0.29, 0.717) is 22.7 Å². The van der Waals surface area contributed by atoms with Gasteiger partial charge in [0.25, 0.3) is 0 Å². The van der Waals surface area contributed by atoms with E-state index in [2.05, 4.69) is 39.4 Å². The van der Waals surface area contributed by atoms with Gasteiger partial charge in [0, 0.05) is 10.6 Å². The molecule has 0 bridgehead atoms. The quantitative estimate of drug-likeness (QED) is 0.414. The summed E-state index contributed by atoms with van der Waals surface area (Å²) in [6.07, 6.45) is 0.760. The molecule has 1 aromatic heterocycles. The topological polar surface area (TPSA) is 92.2 Å². The number of rotatable bonds is 10. The average molecular weight is 444 g/mol. The van der Waals surface area contributed by atoms with Crippen molar-refractivity contribution in [2.45, 2.75) is 36.4 Å². The Kier molecular flexibility index (Phi) is 8.02. The molecule has 0 unspecified atom stereocenters. The molecule has 2 aromatic carbocycles. The van der Waals surface area contributed by atoms with Crippen molar-refractivity contribution in [3.8, 4) is 5.75 Å². The summed E-state index contributed by atoms with van der Waals surface area (Å²) < 4.78 is 18.8. The molecule has 1 atom stereocenters. The number of hydrogen-bond donors (Lipinski definition) is 3. The average Bonchev–Trinajstić information content (AvgIpc) is 2.73. The summed E-state index contributed by atoms with van der Waals surface area (Å²) in [5, 5.41) is 16.4. The minimum absolute atomic E-state index is 0.0442. The SMILES string of the molecule is COc1ccc(Sc2nc(Nc3cccc(F)c3)nc(N[C@H](CO)CC(C)C)n2)cc1. The van der Waals surface area contributed by atoms with Crippen LogP contribution < -0.4 is 15.4 Å². The van der Waals surface area contributed by atoms with Crippen LogP contribution >= 0.6 is 11.8 Å². The van der Waals surface area contributed by atoms with Crippen molar-refractivity contribution in [3.05, 3.63) is 54.3 Å². The maximum absolute atomic E-state index is 13.6. The Balaban J connectivity index is 1.88. The van der Waals surface area contributed by atoms with Crippen LogP contribution in [0.3, 0.4) is 0 Å². The standard InChI is InChI=1S/C22H26FN5O2S/c1-14(2)11-17(13-29)25-21-26-20(24-16-6-4-5-15(23)12-16)27-22(28-21)31-19-9-7-18(30-3)8-10-19/h4-10,12,14,17,29H,11,13H2,1-3H3,(H2,24,25,26,27,28)/t17-/m0/s1. The zero-order valence-corrected chi connectivity index (χ0v) is 18.5. The molecule has 0 amide bonds. The maximum atomic E-state index is 13.6. The van der Waals surface area contributed by atoms with Gasteiger partial charge in [-0.15, -0.1) is 0 Å². The van der Waals surface area contributed by atoms with Crippen LogP contribution in [0, 0.1) is 11.7 Å². The zero-order valence-electron chi connectivity index (χ0n) is 17.7. The highest BCUT2D eigenvalue weighted by Crippen LogP contribution is 2.28. The summed E-state index contributed by atoms with van der Waals surface area (Å²) in [4.78, 5) is 14.3. The van der Waals surface area contributed by atoms with Gasteiger partial charge in [-0.3, -0.25) is 0 Å². The van der Waals surface area contributed by atoms with Crippen LogP contribution in [-0.4, -0.2) is 39.8 Å². The molecule has 9 heteroatoms. The van der Waals surface area contributed by atoms with E-state index in [1.54, 1.807) is 19.2 Å². The van der Waals surface area contributed by atoms with Gasteiger partial charge in [-0.05, 0) is 66.6 Å². The number of hydrogen-bond acceptors (Lipinski definition) is 8. The van der Waals surface area contributed by atoms with E-state index in [0.717, 1.165) is 17.1 Å². The summed E-state index contributed by atoms with van der Waals surface area (Å²) in [6.45, 7) is 4.12. The van der Waals surface area contributed by atoms with Crippen molar-refractivity contribution in [1.29, 1.82) is 0 Å². The van der Waals surface area contributed by atoms with Gasteiger partial charge in [-0.1, -0.05) is 19.9 Å². The van der Waals surface area contributed by atoms with Gasteiger partial charge in [0.05, 0.1) is 19.8 Å². The normalized spacial score (nSPS) is 11.9. The van der Waals surface area contributed by atoms with E-state index in [4.69, 9.17) is 4.74 Å². The first-order valence-electron chi connectivity index (χ1n) is 9.93. The van der Waals surface area contributed by atoms with Crippen LogP contribution in [-0.2, 0) is 0 Å². The molecule has 7 nitrogen and oxygen atoms in total. The Morgan fingerprint density at radius 2 is 1.81 bits per heavy atom. The highest BCUT2D eigenvalue weighted by Gasteiger charge is 2.14. The van der Waals surface area contributed by atoms with Crippen molar-refractivity contribution in [1.82, 2.24) is 15.0 Å². The first-order chi connectivity index (χ1) is 14.9. The summed E-state index contributed by atoms with van der Waals surface area (Å²) in [7, 11) is 1.62. The molecule has 164 valence electrons. The molecular weight excluding hydrogens is 417 g/mol. The van der Waals surface area contributed by atoms with E-state index in [1.165, 1.54) is 23.9 Å². The third-order valence-electron chi connectivity index (χ3n) is 4.27. The first kappa shape index (κ1) is 22.8. The van der Waals surface area contributed by atoms with Gasteiger partial charge < -0.3 is 20.5 Å². The van der Waals surface area contributed by atoms with Crippen molar-refractivity contribution >= 4 is 29.3 Å². The van der Waals surface area contributed by atoms with Crippen LogP contribution in [0.5, 0.6) is 5.75 Å². The fourth-order valence-corrected chi connectivity index (χ4v) is 3.65. The second-order valence-corrected chi connectivity index (χ2v) is 8.37. The number of aromatic nitrogens is 3. The van der Waals surface area contributed by atoms with Gasteiger partial charge in [0.1, 0.15) is 11.6 Å². The van der Waals surface area contributed by atoms with Gasteiger partial charge in [0.2, 0.25) is 11.9 Å². The second-order valence-electron chi connectivity index (χ2n) is 7.33. The molecule has 0 aliphatic heterocycles. The van der Waals surface area contributed by atoms with Gasteiger partial charge >= 0.3 is 0 Å². The predicted molar refractivity (Wildman–Crippen MR) is 121 cm³/mol. The molecular formula is C22H26FN5O2S. The monoisotopic (exact) mass is 443 g/mol. The van der Waals surface area contributed by atoms with E-state index >= 15 is 0 Å². The largest absolute Gasteiger partial charge is 0.497 e. The molecule has 0 saturated carbocycles. The third-order valence-corrected chi connectivity index (χ3v) is 5.15. The number of benzene rings is 2. The van der Waals surface area contributed by atoms with Gasteiger partial charge in [0.15, 0.2) is 5.16 Å². The van der Waals surface area contributed by atoms with Crippen molar-refractivity contribution in [2.24, 2.45) is 5.92 Å². The molecule has 3 N–H and O–H groups in total. The summed E-state index contributed by atoms with van der Waals surface area (Å²) in [5.74, 6) is 1.41. The maximum Gasteiger partial charge on any atom is 0.233 e. The van der Waals surface area contributed by atoms with E-state index < -0.39 is 0 Å². The lowest BCUT2D eigenvalue weighted by molar-refractivity contribution is 0.259. The Bertz CT molecular complexity index is 988. The summed E-state index contributed by atoms with van der Waals surface area (Å²) in [5.41, 5.74) is 0.526. The molecule has 0 fully saturated rings. The molecule has 1 heterocycles. The lowest BCUT2D eigenvalue weighted by Crippen LogP contribution is -2.27. The number of ether oxygens (including phenoxy) is 1. The van der Waals surface area contributed by atoms with E-state index in [-0.39, 0.29) is 24.4 Å². The molecule has 3 rings (SSSR count). The lowest BCUT2D eigenvalue weighted by Gasteiger charge is -2.19. The molecule has 0 aliphatic rings. The van der Waals surface area contributed by atoms with Crippen molar-refractivity contribution < 1.29 is 14.2 Å². The highest BCUT2D eigenvalue weighted by molar-refractivity contribution is 7.99. The number of methoxy groups -OCH3 is 1. The molecule has 0 spiro atoms. The summed E-state index contributed by atoms with van der Waals surface area (Å²) >= 11 is 1.36. The summed E-state index contributed by atoms with van der Waals surface area (Å²) in [6, 6.07) is 13.4. The zero-order chi connectivity index (χ0) is 22.2. The van der Waals surface area contributed by atoms with Crippen LogP contribution in [0.2, 0.25) is 0 Å². The Hall–Kier alpha value is -2.91. The lowest BCUT2D eigenvalue weighted by atomic mass is 10.0. The van der Waals surface area contributed by atoms with Crippen LogP contribution in [0.25, 0.3) is 0 Å². The third kappa shape index (κ3) is 7.08. The van der Waals surface area contributed by atoms with Crippen LogP contribution in [0.1, 0.15) is 20.3 Å². The Labute approximate surface area is 185 Å². The van der Waals surface area contributed by atoms with E-state index in [9.17, 15) is 9.50 Å². The smallest absolute Gasteiger partial charge is 0.233 e. The number of aliphatic hydroxyl groups excluding tert-OH is 1. The molecule has 3 aromatic rings. The Morgan fingerprint density at radius 3 is 2.45 bits per heavy atom. The van der Waals surface area contributed by atoms with E-state index in [1.807, 2.05) is 24.3 Å². The highest BCUT2D eigenvalue weighted by atomic mass is 32.2. The first-order valence-corrected chi connectivity index (χ1v) is 10.7. The number of aliphatic hydroxyl groups is 1. The van der Waals surface area contributed by atoms with Gasteiger partial charge in [-0.25, -0.2) is 4.39 Å². The minimum atomic E-state index is -0.359. The Morgan fingerprint density at radius 1 is 1.06 bits per heavy atom. The van der Waals surface area contributed by atoms with Crippen LogP contribution in [0.4, 0.5) is 22.0 Å².